The fourth-order valence-corrected chi connectivity index (χ4v) is 4.34. The van der Waals surface area contributed by atoms with E-state index in [1.165, 1.54) is 48.0 Å². The van der Waals surface area contributed by atoms with Gasteiger partial charge in [0.05, 0.1) is 5.25 Å². The molecule has 1 atom stereocenters. The van der Waals surface area contributed by atoms with Crippen molar-refractivity contribution in [3.63, 3.8) is 0 Å². The second-order valence-corrected chi connectivity index (χ2v) is 8.07. The Bertz CT molecular complexity index is 984. The molecule has 0 radical (unpaired) electrons. The van der Waals surface area contributed by atoms with Crippen LogP contribution in [0.4, 0.5) is 10.1 Å². The van der Waals surface area contributed by atoms with E-state index >= 15 is 0 Å². The van der Waals surface area contributed by atoms with Crippen molar-refractivity contribution in [1.82, 2.24) is 5.32 Å². The highest BCUT2D eigenvalue weighted by Gasteiger charge is 2.40. The maximum absolute atomic E-state index is 13.3. The molecular formula is C20H15BrFN3O2S. The number of likely N-dealkylation sites (N-methyl/N-ethyl adjacent to an activating group) is 1. The molecule has 3 rings (SSSR count). The minimum Gasteiger partial charge on any atom is -0.354 e. The van der Waals surface area contributed by atoms with Gasteiger partial charge in [-0.1, -0.05) is 39.8 Å². The first-order chi connectivity index (χ1) is 13.4. The summed E-state index contributed by atoms with van der Waals surface area (Å²) >= 11 is 4.55. The summed E-state index contributed by atoms with van der Waals surface area (Å²) in [6, 6.07) is 14.9. The van der Waals surface area contributed by atoms with Gasteiger partial charge in [0.25, 0.3) is 5.91 Å². The summed E-state index contributed by atoms with van der Waals surface area (Å²) in [4.78, 5) is 26.6. The molecule has 0 bridgehead atoms. The quantitative estimate of drug-likeness (QED) is 0.557. The Morgan fingerprint density at radius 2 is 1.89 bits per heavy atom. The first-order valence-electron chi connectivity index (χ1n) is 8.31. The highest BCUT2D eigenvalue weighted by Crippen LogP contribution is 2.41. The molecule has 1 unspecified atom stereocenters. The smallest absolute Gasteiger partial charge is 0.264 e. The maximum atomic E-state index is 13.3. The fraction of sp³-hybridized carbons (Fsp3) is 0.150. The van der Waals surface area contributed by atoms with Crippen molar-refractivity contribution in [2.24, 2.45) is 0 Å². The topological polar surface area (TPSA) is 73.2 Å². The van der Waals surface area contributed by atoms with Gasteiger partial charge < -0.3 is 5.32 Å². The van der Waals surface area contributed by atoms with Crippen molar-refractivity contribution < 1.29 is 14.0 Å². The van der Waals surface area contributed by atoms with Crippen LogP contribution in [0.15, 0.2) is 63.6 Å². The zero-order valence-electron chi connectivity index (χ0n) is 14.8. The van der Waals surface area contributed by atoms with Crippen LogP contribution in [0, 0.1) is 17.1 Å². The number of nitrogens with zero attached hydrogens (tertiary/aromatic N) is 2. The molecule has 0 saturated carbocycles. The van der Waals surface area contributed by atoms with Crippen LogP contribution in [0.3, 0.4) is 0 Å². The van der Waals surface area contributed by atoms with Gasteiger partial charge in [0.15, 0.2) is 0 Å². The molecule has 28 heavy (non-hydrogen) atoms. The van der Waals surface area contributed by atoms with Gasteiger partial charge in [0.1, 0.15) is 22.5 Å². The number of benzene rings is 2. The van der Waals surface area contributed by atoms with Gasteiger partial charge in [-0.2, -0.15) is 5.26 Å². The Labute approximate surface area is 174 Å². The number of rotatable bonds is 4. The summed E-state index contributed by atoms with van der Waals surface area (Å²) in [5, 5.41) is 11.7. The van der Waals surface area contributed by atoms with Crippen LogP contribution in [0.5, 0.6) is 0 Å². The lowest BCUT2D eigenvalue weighted by Crippen LogP contribution is -2.31. The molecular weight excluding hydrogens is 445 g/mol. The second-order valence-electron chi connectivity index (χ2n) is 5.96. The Kier molecular flexibility index (Phi) is 6.17. The normalized spacial score (nSPS) is 18.0. The molecule has 0 aromatic heterocycles. The van der Waals surface area contributed by atoms with Crippen molar-refractivity contribution in [3.8, 4) is 6.07 Å². The van der Waals surface area contributed by atoms with Gasteiger partial charge >= 0.3 is 0 Å². The predicted molar refractivity (Wildman–Crippen MR) is 110 cm³/mol. The van der Waals surface area contributed by atoms with Crippen LogP contribution in [0.2, 0.25) is 0 Å². The Balaban J connectivity index is 2.03. The summed E-state index contributed by atoms with van der Waals surface area (Å²) in [5.74, 6) is -1.27. The molecule has 2 aromatic carbocycles. The number of anilines is 1. The Morgan fingerprint density at radius 1 is 1.25 bits per heavy atom. The van der Waals surface area contributed by atoms with Gasteiger partial charge in [-0.15, -0.1) is 0 Å². The third-order valence-corrected chi connectivity index (χ3v) is 5.94. The fourth-order valence-electron chi connectivity index (χ4n) is 2.77. The van der Waals surface area contributed by atoms with E-state index in [1.54, 1.807) is 0 Å². The first-order valence-corrected chi connectivity index (χ1v) is 9.99. The van der Waals surface area contributed by atoms with Crippen molar-refractivity contribution >= 4 is 45.2 Å². The van der Waals surface area contributed by atoms with Gasteiger partial charge in [0, 0.05) is 17.2 Å². The summed E-state index contributed by atoms with van der Waals surface area (Å²) in [6.07, 6.45) is 0.435. The summed E-state index contributed by atoms with van der Waals surface area (Å²) in [7, 11) is 1.42. The number of thioether (sulfide) groups is 1. The molecule has 1 aliphatic heterocycles. The van der Waals surface area contributed by atoms with Gasteiger partial charge in [-0.05, 0) is 48.4 Å². The molecule has 2 amide bonds. The van der Waals surface area contributed by atoms with Gasteiger partial charge in [-0.25, -0.2) is 4.39 Å². The number of hydrogen-bond donors (Lipinski definition) is 1. The number of hydrogen-bond acceptors (Lipinski definition) is 4. The monoisotopic (exact) mass is 459 g/mol. The highest BCUT2D eigenvalue weighted by molar-refractivity contribution is 9.10. The molecule has 2 aromatic rings. The summed E-state index contributed by atoms with van der Waals surface area (Å²) < 4.78 is 14.3. The molecule has 8 heteroatoms. The van der Waals surface area contributed by atoms with Crippen molar-refractivity contribution in [2.75, 3.05) is 11.9 Å². The lowest BCUT2D eigenvalue weighted by Gasteiger charge is -2.18. The number of carbonyl (C=O) groups excluding carboxylic acids is 2. The van der Waals surface area contributed by atoms with Crippen molar-refractivity contribution in [1.29, 1.82) is 5.26 Å². The lowest BCUT2D eigenvalue weighted by atomic mass is 10.1. The second kappa shape index (κ2) is 8.59. The standard InChI is InChI=1S/C20H15BrFN3O2S/c1-24-18(26)16(11-23)20-25(15-8-6-14(22)7-9-15)19(27)17(28-20)10-12-2-4-13(21)5-3-12/h2-9,17H,10H2,1H3,(H,24,26)/b20-16-. The summed E-state index contributed by atoms with van der Waals surface area (Å²) in [6.45, 7) is 0. The number of nitrogens with one attached hydrogen (secondary N) is 1. The zero-order chi connectivity index (χ0) is 20.3. The van der Waals surface area contributed by atoms with E-state index in [0.29, 0.717) is 12.1 Å². The average molecular weight is 460 g/mol. The molecule has 142 valence electrons. The largest absolute Gasteiger partial charge is 0.354 e. The van der Waals surface area contributed by atoms with Crippen LogP contribution in [-0.2, 0) is 16.0 Å². The molecule has 1 saturated heterocycles. The van der Waals surface area contributed by atoms with Crippen LogP contribution in [-0.4, -0.2) is 24.1 Å². The third kappa shape index (κ3) is 4.11. The predicted octanol–water partition coefficient (Wildman–Crippen LogP) is 3.76. The van der Waals surface area contributed by atoms with E-state index in [4.69, 9.17) is 0 Å². The van der Waals surface area contributed by atoms with E-state index in [9.17, 15) is 19.2 Å². The van der Waals surface area contributed by atoms with Crippen LogP contribution in [0.1, 0.15) is 5.56 Å². The number of carbonyl (C=O) groups is 2. The first kappa shape index (κ1) is 20.1. The molecule has 1 heterocycles. The summed E-state index contributed by atoms with van der Waals surface area (Å²) in [5.41, 5.74) is 1.21. The SMILES string of the molecule is CNC(=O)/C(C#N)=C1\SC(Cc2ccc(Br)cc2)C(=O)N1c1ccc(F)cc1. The maximum Gasteiger partial charge on any atom is 0.264 e. The minimum atomic E-state index is -0.575. The Hall–Kier alpha value is -2.63. The lowest BCUT2D eigenvalue weighted by molar-refractivity contribution is -0.117. The van der Waals surface area contributed by atoms with Crippen LogP contribution < -0.4 is 10.2 Å². The molecule has 1 aliphatic rings. The van der Waals surface area contributed by atoms with E-state index in [1.807, 2.05) is 30.3 Å². The number of halogens is 2. The van der Waals surface area contributed by atoms with E-state index < -0.39 is 17.0 Å². The Morgan fingerprint density at radius 3 is 2.46 bits per heavy atom. The average Bonchev–Trinajstić information content (AvgIpc) is 3.00. The van der Waals surface area contributed by atoms with Gasteiger partial charge in [0.2, 0.25) is 5.91 Å². The molecule has 1 fully saturated rings. The molecule has 1 N–H and O–H groups in total. The number of amides is 2. The zero-order valence-corrected chi connectivity index (χ0v) is 17.2. The highest BCUT2D eigenvalue weighted by atomic mass is 79.9. The van der Waals surface area contributed by atoms with E-state index in [-0.39, 0.29) is 16.5 Å². The third-order valence-electron chi connectivity index (χ3n) is 4.15. The molecule has 0 aliphatic carbocycles. The van der Waals surface area contributed by atoms with E-state index in [2.05, 4.69) is 21.2 Å². The minimum absolute atomic E-state index is 0.150. The molecule has 0 spiro atoms. The van der Waals surface area contributed by atoms with Crippen LogP contribution in [0.25, 0.3) is 0 Å². The van der Waals surface area contributed by atoms with Gasteiger partial charge in [-0.3, -0.25) is 14.5 Å². The van der Waals surface area contributed by atoms with Crippen LogP contribution >= 0.6 is 27.7 Å². The van der Waals surface area contributed by atoms with Crippen molar-refractivity contribution in [3.05, 3.63) is 75.0 Å². The molecule has 5 nitrogen and oxygen atoms in total. The van der Waals surface area contributed by atoms with Crippen molar-refractivity contribution in [2.45, 2.75) is 11.7 Å². The van der Waals surface area contributed by atoms with E-state index in [0.717, 1.165) is 10.0 Å². The number of nitriles is 1.